The smallest absolute Gasteiger partial charge is 0.241 e. The van der Waals surface area contributed by atoms with E-state index < -0.39 is 39.6 Å². The first kappa shape index (κ1) is 28.4. The van der Waals surface area contributed by atoms with Gasteiger partial charge in [0.25, 0.3) is 0 Å². The van der Waals surface area contributed by atoms with Crippen molar-refractivity contribution in [3.8, 4) is 11.3 Å². The Balaban J connectivity index is 1.53. The molecule has 0 spiro atoms. The van der Waals surface area contributed by atoms with Gasteiger partial charge in [0.2, 0.25) is 21.8 Å². The Morgan fingerprint density at radius 3 is 2.59 bits per heavy atom. The third-order valence-electron chi connectivity index (χ3n) is 6.76. The van der Waals surface area contributed by atoms with Crippen LogP contribution in [0.15, 0.2) is 59.6 Å². The summed E-state index contributed by atoms with van der Waals surface area (Å²) in [5, 5.41) is 2.69. The highest BCUT2D eigenvalue weighted by Gasteiger charge is 2.32. The van der Waals surface area contributed by atoms with Crippen LogP contribution < -0.4 is 10.0 Å². The van der Waals surface area contributed by atoms with Crippen LogP contribution in [-0.2, 0) is 19.6 Å². The standard InChI is InChI=1S/C27H31F2N5O4S/c1-17-8-6-7-13-34(17)25(35)15-23(33-39(37,38)20-9-4-3-5-10-20)27(36)31-18(2)26-30-16-24(32-26)21-12-11-19(28)14-22(21)29/h3-5,9-12,14,16-18,23,33H,6-8,13,15H2,1-2H3,(H,30,32)(H,31,36)/t17-,18-,23-/m0/s1. The summed E-state index contributed by atoms with van der Waals surface area (Å²) in [5.74, 6) is -2.26. The second-order valence-electron chi connectivity index (χ2n) is 9.66. The molecule has 3 atom stereocenters. The van der Waals surface area contributed by atoms with Crippen molar-refractivity contribution in [3.05, 3.63) is 72.2 Å². The van der Waals surface area contributed by atoms with Gasteiger partial charge < -0.3 is 15.2 Å². The number of rotatable bonds is 9. The van der Waals surface area contributed by atoms with Crippen molar-refractivity contribution in [2.45, 2.75) is 62.6 Å². The fourth-order valence-corrected chi connectivity index (χ4v) is 5.80. The van der Waals surface area contributed by atoms with Gasteiger partial charge in [0.1, 0.15) is 23.5 Å². The number of aromatic amines is 1. The molecule has 4 rings (SSSR count). The fraction of sp³-hybridized carbons (Fsp3) is 0.370. The summed E-state index contributed by atoms with van der Waals surface area (Å²) in [6.45, 7) is 4.09. The Labute approximate surface area is 226 Å². The molecule has 9 nitrogen and oxygen atoms in total. The van der Waals surface area contributed by atoms with E-state index in [1.54, 1.807) is 30.0 Å². The molecule has 0 saturated carbocycles. The average Bonchev–Trinajstić information content (AvgIpc) is 3.39. The van der Waals surface area contributed by atoms with Crippen LogP contribution in [0.25, 0.3) is 11.3 Å². The van der Waals surface area contributed by atoms with Crippen molar-refractivity contribution in [1.82, 2.24) is 24.9 Å². The highest BCUT2D eigenvalue weighted by atomic mass is 32.2. The number of carbonyl (C=O) groups is 2. The van der Waals surface area contributed by atoms with Crippen LogP contribution in [-0.4, -0.2) is 53.7 Å². The first-order valence-corrected chi connectivity index (χ1v) is 14.2. The van der Waals surface area contributed by atoms with E-state index in [4.69, 9.17) is 0 Å². The first-order valence-electron chi connectivity index (χ1n) is 12.7. The van der Waals surface area contributed by atoms with E-state index in [9.17, 15) is 26.8 Å². The van der Waals surface area contributed by atoms with Crippen LogP contribution in [0.1, 0.15) is 51.4 Å². The van der Waals surface area contributed by atoms with Crippen molar-refractivity contribution in [2.75, 3.05) is 6.54 Å². The average molecular weight is 560 g/mol. The van der Waals surface area contributed by atoms with Crippen LogP contribution >= 0.6 is 0 Å². The number of halogens is 2. The number of piperidine rings is 1. The fourth-order valence-electron chi connectivity index (χ4n) is 4.59. The highest BCUT2D eigenvalue weighted by Crippen LogP contribution is 2.24. The number of benzene rings is 2. The van der Waals surface area contributed by atoms with Crippen LogP contribution in [0, 0.1) is 11.6 Å². The van der Waals surface area contributed by atoms with Gasteiger partial charge in [-0.3, -0.25) is 9.59 Å². The van der Waals surface area contributed by atoms with E-state index in [0.717, 1.165) is 31.4 Å². The van der Waals surface area contributed by atoms with E-state index in [1.807, 2.05) is 6.92 Å². The molecule has 0 aliphatic carbocycles. The number of carbonyl (C=O) groups excluding carboxylic acids is 2. The zero-order valence-corrected chi connectivity index (χ0v) is 22.5. The van der Waals surface area contributed by atoms with Gasteiger partial charge in [-0.1, -0.05) is 18.2 Å². The maximum atomic E-state index is 14.2. The second kappa shape index (κ2) is 12.0. The van der Waals surface area contributed by atoms with Crippen LogP contribution in [0.3, 0.4) is 0 Å². The van der Waals surface area contributed by atoms with Gasteiger partial charge in [-0.2, -0.15) is 4.72 Å². The van der Waals surface area contributed by atoms with E-state index in [2.05, 4.69) is 20.0 Å². The summed E-state index contributed by atoms with van der Waals surface area (Å²) in [6.07, 6.45) is 3.67. The molecule has 208 valence electrons. The number of nitrogens with zero attached hydrogens (tertiary/aromatic N) is 2. The summed E-state index contributed by atoms with van der Waals surface area (Å²) in [6, 6.07) is 8.59. The molecule has 2 aromatic carbocycles. The molecule has 1 saturated heterocycles. The second-order valence-corrected chi connectivity index (χ2v) is 11.4. The van der Waals surface area contributed by atoms with E-state index in [-0.39, 0.29) is 40.3 Å². The van der Waals surface area contributed by atoms with Gasteiger partial charge in [0.05, 0.1) is 29.2 Å². The molecule has 3 N–H and O–H groups in total. The van der Waals surface area contributed by atoms with Crippen molar-refractivity contribution in [2.24, 2.45) is 0 Å². The highest BCUT2D eigenvalue weighted by molar-refractivity contribution is 7.89. The number of likely N-dealkylation sites (tertiary alicyclic amines) is 1. The third kappa shape index (κ3) is 6.87. The lowest BCUT2D eigenvalue weighted by molar-refractivity contribution is -0.137. The molecule has 0 radical (unpaired) electrons. The molecule has 0 bridgehead atoms. The van der Waals surface area contributed by atoms with Crippen molar-refractivity contribution < 1.29 is 26.8 Å². The summed E-state index contributed by atoms with van der Waals surface area (Å²) in [4.78, 5) is 35.2. The molecule has 3 aromatic rings. The normalized spacial score (nSPS) is 17.4. The maximum Gasteiger partial charge on any atom is 0.241 e. The number of H-pyrrole nitrogens is 1. The molecule has 0 unspecified atom stereocenters. The van der Waals surface area contributed by atoms with E-state index in [1.165, 1.54) is 24.4 Å². The minimum atomic E-state index is -4.11. The zero-order chi connectivity index (χ0) is 28.2. The van der Waals surface area contributed by atoms with E-state index in [0.29, 0.717) is 6.54 Å². The third-order valence-corrected chi connectivity index (χ3v) is 8.24. The Morgan fingerprint density at radius 1 is 1.15 bits per heavy atom. The number of nitrogens with one attached hydrogen (secondary N) is 3. The van der Waals surface area contributed by atoms with Gasteiger partial charge in [-0.25, -0.2) is 22.2 Å². The van der Waals surface area contributed by atoms with Crippen molar-refractivity contribution >= 4 is 21.8 Å². The number of aromatic nitrogens is 2. The van der Waals surface area contributed by atoms with Crippen molar-refractivity contribution in [3.63, 3.8) is 0 Å². The first-order chi connectivity index (χ1) is 18.5. The van der Waals surface area contributed by atoms with Gasteiger partial charge in [0.15, 0.2) is 0 Å². The van der Waals surface area contributed by atoms with Gasteiger partial charge >= 0.3 is 0 Å². The summed E-state index contributed by atoms with van der Waals surface area (Å²) < 4.78 is 56.0. The molecule has 1 aliphatic rings. The van der Waals surface area contributed by atoms with Crippen LogP contribution in [0.2, 0.25) is 0 Å². The molecule has 2 amide bonds. The van der Waals surface area contributed by atoms with Gasteiger partial charge in [-0.05, 0) is 57.4 Å². The molecule has 1 fully saturated rings. The lowest BCUT2D eigenvalue weighted by atomic mass is 10.0. The summed E-state index contributed by atoms with van der Waals surface area (Å²) in [5.41, 5.74) is 0.377. The van der Waals surface area contributed by atoms with Crippen LogP contribution in [0.5, 0.6) is 0 Å². The summed E-state index contributed by atoms with van der Waals surface area (Å²) in [7, 11) is -4.11. The minimum Gasteiger partial charge on any atom is -0.345 e. The lowest BCUT2D eigenvalue weighted by Crippen LogP contribution is -2.51. The van der Waals surface area contributed by atoms with Crippen LogP contribution in [0.4, 0.5) is 8.78 Å². The summed E-state index contributed by atoms with van der Waals surface area (Å²) >= 11 is 0. The molecular weight excluding hydrogens is 528 g/mol. The number of hydrogen-bond acceptors (Lipinski definition) is 5. The quantitative estimate of drug-likeness (QED) is 0.369. The van der Waals surface area contributed by atoms with Gasteiger partial charge in [0, 0.05) is 24.2 Å². The number of imidazole rings is 1. The molecular formula is C27H31F2N5O4S. The largest absolute Gasteiger partial charge is 0.345 e. The van der Waals surface area contributed by atoms with E-state index >= 15 is 0 Å². The predicted molar refractivity (Wildman–Crippen MR) is 141 cm³/mol. The Hall–Kier alpha value is -3.64. The predicted octanol–water partition coefficient (Wildman–Crippen LogP) is 3.67. The van der Waals surface area contributed by atoms with Crippen molar-refractivity contribution in [1.29, 1.82) is 0 Å². The van der Waals surface area contributed by atoms with Gasteiger partial charge in [-0.15, -0.1) is 0 Å². The monoisotopic (exact) mass is 559 g/mol. The Kier molecular flexibility index (Phi) is 8.76. The molecule has 39 heavy (non-hydrogen) atoms. The minimum absolute atomic E-state index is 0.00647. The Morgan fingerprint density at radius 2 is 1.90 bits per heavy atom. The maximum absolute atomic E-state index is 14.2. The number of hydrogen-bond donors (Lipinski definition) is 3. The zero-order valence-electron chi connectivity index (χ0n) is 21.7. The SMILES string of the molecule is C[C@H](NC(=O)[C@H](CC(=O)N1CCCC[C@@H]1C)NS(=O)(=O)c1ccccc1)c1ncc(-c2ccc(F)cc2F)[nH]1. The molecule has 1 aliphatic heterocycles. The lowest BCUT2D eigenvalue weighted by Gasteiger charge is -2.34. The molecule has 2 heterocycles. The number of amides is 2. The Bertz CT molecular complexity index is 1430. The molecule has 12 heteroatoms. The topological polar surface area (TPSA) is 124 Å². The number of sulfonamides is 1. The molecule has 1 aromatic heterocycles.